The molecule has 52 heavy (non-hydrogen) atoms. The van der Waals surface area contributed by atoms with Crippen molar-refractivity contribution >= 4 is 47.2 Å². The fourth-order valence-corrected chi connectivity index (χ4v) is 9.06. The smallest absolute Gasteiger partial charge is 0.241 e. The first-order valence-corrected chi connectivity index (χ1v) is 17.5. The van der Waals surface area contributed by atoms with Crippen molar-refractivity contribution < 1.29 is 33.8 Å². The number of imide groups is 2. The Morgan fingerprint density at radius 2 is 1.46 bits per heavy atom. The standard InChI is InChI=1S/C43H38N2O7/c1-43-34(40(48)45(42(43)50)27-9-5-4-6-10-27)24-33-30(38(43)31-11-7-8-12-35(31)46)20-21-32-37(33)41(49)44(39(32)47)28-17-14-25(15-18-28)13-16-26-23-29(51-2)19-22-36(26)52-3/h4-20,22-23,32-34,37-38,46H,21,24H2,1-3H3/t32-,33+,34-,37-,38+,43+/m0/s1. The number of hydrogen-bond donors (Lipinski definition) is 1. The van der Waals surface area contributed by atoms with Crippen molar-refractivity contribution in [3.05, 3.63) is 125 Å². The van der Waals surface area contributed by atoms with Gasteiger partial charge in [0.2, 0.25) is 23.6 Å². The van der Waals surface area contributed by atoms with Crippen LogP contribution in [0.3, 0.4) is 0 Å². The molecule has 8 rings (SSSR count). The van der Waals surface area contributed by atoms with Crippen LogP contribution in [0.5, 0.6) is 17.2 Å². The number of aromatic hydroxyl groups is 1. The van der Waals surface area contributed by atoms with Gasteiger partial charge in [0.05, 0.1) is 48.8 Å². The van der Waals surface area contributed by atoms with Gasteiger partial charge in [-0.25, -0.2) is 4.90 Å². The van der Waals surface area contributed by atoms with E-state index in [0.717, 1.165) is 16.7 Å². The Hall–Kier alpha value is -5.96. The molecular weight excluding hydrogens is 656 g/mol. The molecule has 0 radical (unpaired) electrons. The minimum Gasteiger partial charge on any atom is -0.508 e. The van der Waals surface area contributed by atoms with Crippen LogP contribution >= 0.6 is 0 Å². The number of carbonyl (C=O) groups is 4. The van der Waals surface area contributed by atoms with Crippen molar-refractivity contribution in [3.63, 3.8) is 0 Å². The van der Waals surface area contributed by atoms with Gasteiger partial charge in [-0.15, -0.1) is 0 Å². The Balaban J connectivity index is 1.13. The molecule has 0 aromatic heterocycles. The second kappa shape index (κ2) is 12.7. The molecule has 2 heterocycles. The lowest BCUT2D eigenvalue weighted by molar-refractivity contribution is -0.131. The van der Waals surface area contributed by atoms with Gasteiger partial charge in [-0.1, -0.05) is 72.3 Å². The zero-order chi connectivity index (χ0) is 36.3. The van der Waals surface area contributed by atoms with Crippen molar-refractivity contribution in [2.24, 2.45) is 29.1 Å². The number of para-hydroxylation sites is 2. The van der Waals surface area contributed by atoms with Crippen LogP contribution in [0, 0.1) is 29.1 Å². The largest absolute Gasteiger partial charge is 0.508 e. The zero-order valence-corrected chi connectivity index (χ0v) is 29.1. The molecule has 0 bridgehead atoms. The lowest BCUT2D eigenvalue weighted by Crippen LogP contribution is -2.48. The summed E-state index contributed by atoms with van der Waals surface area (Å²) in [5.74, 6) is -3.07. The minimum absolute atomic E-state index is 0.0176. The first kappa shape index (κ1) is 33.2. The second-order valence-electron chi connectivity index (χ2n) is 14.1. The highest BCUT2D eigenvalue weighted by Crippen LogP contribution is 2.64. The van der Waals surface area contributed by atoms with Gasteiger partial charge in [-0.2, -0.15) is 0 Å². The van der Waals surface area contributed by atoms with Crippen LogP contribution in [0.4, 0.5) is 11.4 Å². The van der Waals surface area contributed by atoms with Crippen molar-refractivity contribution in [1.82, 2.24) is 0 Å². The number of fused-ring (bicyclic) bond motifs is 4. The highest BCUT2D eigenvalue weighted by Gasteiger charge is 2.68. The number of rotatable bonds is 7. The predicted molar refractivity (Wildman–Crippen MR) is 197 cm³/mol. The monoisotopic (exact) mass is 694 g/mol. The van der Waals surface area contributed by atoms with Crippen molar-refractivity contribution in [2.45, 2.75) is 25.7 Å². The van der Waals surface area contributed by atoms with E-state index < -0.39 is 35.0 Å². The van der Waals surface area contributed by atoms with E-state index in [1.54, 1.807) is 74.9 Å². The maximum atomic E-state index is 14.5. The summed E-state index contributed by atoms with van der Waals surface area (Å²) in [6, 6.07) is 28.5. The molecule has 4 aromatic carbocycles. The number of ether oxygens (including phenoxy) is 2. The van der Waals surface area contributed by atoms with E-state index in [0.29, 0.717) is 34.9 Å². The maximum Gasteiger partial charge on any atom is 0.241 e. The summed E-state index contributed by atoms with van der Waals surface area (Å²) in [6.45, 7) is 1.81. The number of allylic oxidation sites excluding steroid dienone is 2. The Bertz CT molecular complexity index is 2180. The van der Waals surface area contributed by atoms with Crippen LogP contribution in [0.15, 0.2) is 109 Å². The molecule has 4 aromatic rings. The second-order valence-corrected chi connectivity index (χ2v) is 14.1. The van der Waals surface area contributed by atoms with E-state index >= 15 is 0 Å². The molecule has 1 saturated carbocycles. The van der Waals surface area contributed by atoms with Gasteiger partial charge in [0.1, 0.15) is 17.2 Å². The molecule has 2 aliphatic carbocycles. The minimum atomic E-state index is -1.22. The third-order valence-corrected chi connectivity index (χ3v) is 11.6. The van der Waals surface area contributed by atoms with Gasteiger partial charge in [0.15, 0.2) is 0 Å². The number of hydrogen-bond acceptors (Lipinski definition) is 7. The van der Waals surface area contributed by atoms with Crippen molar-refractivity contribution in [2.75, 3.05) is 24.0 Å². The zero-order valence-electron chi connectivity index (χ0n) is 29.1. The van der Waals surface area contributed by atoms with E-state index in [9.17, 15) is 24.3 Å². The Labute approximate surface area is 301 Å². The van der Waals surface area contributed by atoms with Crippen molar-refractivity contribution in [3.8, 4) is 17.2 Å². The highest BCUT2D eigenvalue weighted by molar-refractivity contribution is 6.25. The van der Waals surface area contributed by atoms with Gasteiger partial charge < -0.3 is 14.6 Å². The van der Waals surface area contributed by atoms with Crippen LogP contribution in [0.1, 0.15) is 42.4 Å². The molecule has 2 aliphatic heterocycles. The van der Waals surface area contributed by atoms with Gasteiger partial charge in [0.25, 0.3) is 0 Å². The Morgan fingerprint density at radius 3 is 2.17 bits per heavy atom. The number of phenolic OH excluding ortho intramolecular Hbond substituents is 1. The van der Waals surface area contributed by atoms with Crippen LogP contribution < -0.4 is 19.3 Å². The average molecular weight is 695 g/mol. The van der Waals surface area contributed by atoms with E-state index in [4.69, 9.17) is 9.47 Å². The fraction of sp³-hybridized carbons (Fsp3) is 0.256. The van der Waals surface area contributed by atoms with E-state index in [-0.39, 0.29) is 35.8 Å². The number of benzene rings is 4. The van der Waals surface area contributed by atoms with Crippen LogP contribution in [0.2, 0.25) is 0 Å². The predicted octanol–water partition coefficient (Wildman–Crippen LogP) is 7.02. The van der Waals surface area contributed by atoms with Gasteiger partial charge in [0, 0.05) is 17.0 Å². The number of nitrogens with zero attached hydrogens (tertiary/aromatic N) is 2. The summed E-state index contributed by atoms with van der Waals surface area (Å²) < 4.78 is 10.8. The molecule has 6 atom stereocenters. The summed E-state index contributed by atoms with van der Waals surface area (Å²) >= 11 is 0. The number of phenols is 1. The molecular formula is C43H38N2O7. The molecule has 0 spiro atoms. The summed E-state index contributed by atoms with van der Waals surface area (Å²) in [5.41, 5.74) is 2.80. The quantitative estimate of drug-likeness (QED) is 0.126. The molecule has 4 aliphatic rings. The van der Waals surface area contributed by atoms with Gasteiger partial charge in [-0.3, -0.25) is 24.1 Å². The molecule has 4 amide bonds. The lowest BCUT2D eigenvalue weighted by atomic mass is 9.51. The van der Waals surface area contributed by atoms with Crippen LogP contribution in [-0.4, -0.2) is 43.0 Å². The Kier molecular flexibility index (Phi) is 8.09. The topological polar surface area (TPSA) is 113 Å². The number of carbonyl (C=O) groups excluding carboxylic acids is 4. The first-order valence-electron chi connectivity index (χ1n) is 17.5. The first-order chi connectivity index (χ1) is 25.2. The SMILES string of the molecule is COc1ccc(OC)c(C=Cc2ccc(N3C(=O)[C@H]4[C@H](CC=C5[C@H]4C[C@H]4C(=O)N(c6ccccc6)C(=O)[C@@]4(C)[C@H]5c4ccccc4O)C3=O)cc2)c1. The van der Waals surface area contributed by atoms with Gasteiger partial charge in [-0.05, 0) is 79.8 Å². The normalized spacial score (nSPS) is 26.7. The molecule has 9 heteroatoms. The Morgan fingerprint density at radius 1 is 0.750 bits per heavy atom. The van der Waals surface area contributed by atoms with Crippen LogP contribution in [0.25, 0.3) is 12.2 Å². The summed E-state index contributed by atoms with van der Waals surface area (Å²) in [7, 11) is 3.21. The van der Waals surface area contributed by atoms with E-state index in [2.05, 4.69) is 0 Å². The average Bonchev–Trinajstić information content (AvgIpc) is 3.54. The van der Waals surface area contributed by atoms with Crippen LogP contribution in [-0.2, 0) is 19.2 Å². The molecule has 262 valence electrons. The van der Waals surface area contributed by atoms with Gasteiger partial charge >= 0.3 is 0 Å². The number of methoxy groups -OCH3 is 2. The van der Waals surface area contributed by atoms with E-state index in [1.165, 1.54) is 9.80 Å². The molecule has 3 fully saturated rings. The third-order valence-electron chi connectivity index (χ3n) is 11.6. The van der Waals surface area contributed by atoms with Crippen molar-refractivity contribution in [1.29, 1.82) is 0 Å². The summed E-state index contributed by atoms with van der Waals surface area (Å²) in [4.78, 5) is 59.9. The number of amides is 4. The third kappa shape index (κ3) is 4.98. The molecule has 9 nitrogen and oxygen atoms in total. The molecule has 2 saturated heterocycles. The molecule has 1 N–H and O–H groups in total. The number of anilines is 2. The summed E-state index contributed by atoms with van der Waals surface area (Å²) in [6.07, 6.45) is 6.38. The van der Waals surface area contributed by atoms with E-state index in [1.807, 2.05) is 61.5 Å². The lowest BCUT2D eigenvalue weighted by Gasteiger charge is -2.49. The highest BCUT2D eigenvalue weighted by atomic mass is 16.5. The maximum absolute atomic E-state index is 14.5. The molecule has 0 unspecified atom stereocenters. The fourth-order valence-electron chi connectivity index (χ4n) is 9.06. The summed E-state index contributed by atoms with van der Waals surface area (Å²) in [5, 5.41) is 11.2.